The summed E-state index contributed by atoms with van der Waals surface area (Å²) in [5.74, 6) is 0.728. The van der Waals surface area contributed by atoms with Gasteiger partial charge < -0.3 is 10.3 Å². The first-order chi connectivity index (χ1) is 8.00. The van der Waals surface area contributed by atoms with Crippen LogP contribution in [0.5, 0.6) is 0 Å². The molecule has 2 aromatic rings. The maximum absolute atomic E-state index is 5.82. The molecule has 2 N–H and O–H groups in total. The largest absolute Gasteiger partial charge is 0.367 e. The highest BCUT2D eigenvalue weighted by Gasteiger charge is 2.18. The van der Waals surface area contributed by atoms with E-state index in [1.165, 1.54) is 11.1 Å². The first-order valence-corrected chi connectivity index (χ1v) is 5.83. The van der Waals surface area contributed by atoms with Gasteiger partial charge in [0.05, 0.1) is 0 Å². The SMILES string of the molecule is Cc1ccc(-c2noc(N)c2C(C)C)cc1C. The van der Waals surface area contributed by atoms with E-state index in [1.54, 1.807) is 0 Å². The minimum atomic E-state index is 0.304. The third kappa shape index (κ3) is 2.05. The van der Waals surface area contributed by atoms with Crippen LogP contribution in [0, 0.1) is 13.8 Å². The summed E-state index contributed by atoms with van der Waals surface area (Å²) < 4.78 is 5.11. The number of hydrogen-bond donors (Lipinski definition) is 1. The highest BCUT2D eigenvalue weighted by molar-refractivity contribution is 5.68. The number of anilines is 1. The summed E-state index contributed by atoms with van der Waals surface area (Å²) in [6.45, 7) is 8.37. The van der Waals surface area contributed by atoms with Crippen LogP contribution in [0.2, 0.25) is 0 Å². The van der Waals surface area contributed by atoms with Crippen LogP contribution in [0.3, 0.4) is 0 Å². The quantitative estimate of drug-likeness (QED) is 0.856. The number of benzene rings is 1. The van der Waals surface area contributed by atoms with Crippen LogP contribution >= 0.6 is 0 Å². The van der Waals surface area contributed by atoms with Gasteiger partial charge >= 0.3 is 0 Å². The minimum Gasteiger partial charge on any atom is -0.367 e. The molecule has 0 spiro atoms. The summed E-state index contributed by atoms with van der Waals surface area (Å²) in [6.07, 6.45) is 0. The molecule has 0 fully saturated rings. The monoisotopic (exact) mass is 230 g/mol. The number of nitrogens with zero attached hydrogens (tertiary/aromatic N) is 1. The van der Waals surface area contributed by atoms with E-state index < -0.39 is 0 Å². The van der Waals surface area contributed by atoms with E-state index in [0.29, 0.717) is 11.8 Å². The van der Waals surface area contributed by atoms with Gasteiger partial charge in [0.2, 0.25) is 5.88 Å². The molecule has 0 saturated heterocycles. The van der Waals surface area contributed by atoms with Crippen molar-refractivity contribution in [3.05, 3.63) is 34.9 Å². The predicted molar refractivity (Wildman–Crippen MR) is 69.9 cm³/mol. The Hall–Kier alpha value is -1.77. The van der Waals surface area contributed by atoms with Crippen molar-refractivity contribution in [1.29, 1.82) is 0 Å². The molecular formula is C14H18N2O. The summed E-state index contributed by atoms with van der Waals surface area (Å²) in [6, 6.07) is 6.28. The van der Waals surface area contributed by atoms with Crippen LogP contribution in [0.4, 0.5) is 5.88 Å². The second kappa shape index (κ2) is 4.24. The number of aryl methyl sites for hydroxylation is 2. The van der Waals surface area contributed by atoms with Crippen molar-refractivity contribution in [1.82, 2.24) is 5.16 Å². The van der Waals surface area contributed by atoms with Crippen LogP contribution in [-0.4, -0.2) is 5.16 Å². The van der Waals surface area contributed by atoms with Gasteiger partial charge in [-0.3, -0.25) is 0 Å². The number of nitrogens with two attached hydrogens (primary N) is 1. The summed E-state index contributed by atoms with van der Waals surface area (Å²) in [5.41, 5.74) is 11.3. The second-order valence-electron chi connectivity index (χ2n) is 4.76. The van der Waals surface area contributed by atoms with E-state index in [-0.39, 0.29) is 0 Å². The van der Waals surface area contributed by atoms with Crippen molar-refractivity contribution < 1.29 is 4.52 Å². The van der Waals surface area contributed by atoms with Gasteiger partial charge in [0.25, 0.3) is 0 Å². The minimum absolute atomic E-state index is 0.304. The average molecular weight is 230 g/mol. The van der Waals surface area contributed by atoms with E-state index in [9.17, 15) is 0 Å². The van der Waals surface area contributed by atoms with Crippen molar-refractivity contribution in [3.8, 4) is 11.3 Å². The molecule has 2 rings (SSSR count). The molecule has 1 aromatic carbocycles. The Labute approximate surface area is 102 Å². The molecule has 17 heavy (non-hydrogen) atoms. The Morgan fingerprint density at radius 3 is 2.47 bits per heavy atom. The van der Waals surface area contributed by atoms with Crippen LogP contribution in [-0.2, 0) is 0 Å². The summed E-state index contributed by atoms with van der Waals surface area (Å²) in [5, 5.41) is 4.08. The Kier molecular flexibility index (Phi) is 2.92. The average Bonchev–Trinajstić information content (AvgIpc) is 2.64. The first kappa shape index (κ1) is 11.7. The van der Waals surface area contributed by atoms with E-state index in [2.05, 4.69) is 51.1 Å². The Bertz CT molecular complexity index is 541. The lowest BCUT2D eigenvalue weighted by molar-refractivity contribution is 0.438. The zero-order chi connectivity index (χ0) is 12.6. The fraction of sp³-hybridized carbons (Fsp3) is 0.357. The highest BCUT2D eigenvalue weighted by atomic mass is 16.5. The number of rotatable bonds is 2. The third-order valence-electron chi connectivity index (χ3n) is 3.11. The lowest BCUT2D eigenvalue weighted by atomic mass is 9.97. The summed E-state index contributed by atoms with van der Waals surface area (Å²) >= 11 is 0. The number of aromatic nitrogens is 1. The smallest absolute Gasteiger partial charge is 0.226 e. The predicted octanol–water partition coefficient (Wildman–Crippen LogP) is 3.66. The summed E-state index contributed by atoms with van der Waals surface area (Å²) in [4.78, 5) is 0. The van der Waals surface area contributed by atoms with Crippen molar-refractivity contribution in [3.63, 3.8) is 0 Å². The molecule has 3 nitrogen and oxygen atoms in total. The molecule has 1 heterocycles. The van der Waals surface area contributed by atoms with E-state index in [0.717, 1.165) is 16.8 Å². The second-order valence-corrected chi connectivity index (χ2v) is 4.76. The molecule has 3 heteroatoms. The van der Waals surface area contributed by atoms with E-state index in [1.807, 2.05) is 0 Å². The van der Waals surface area contributed by atoms with Crippen molar-refractivity contribution in [2.24, 2.45) is 0 Å². The number of hydrogen-bond acceptors (Lipinski definition) is 3. The van der Waals surface area contributed by atoms with Gasteiger partial charge in [-0.2, -0.15) is 0 Å². The molecule has 0 aliphatic rings. The van der Waals surface area contributed by atoms with Gasteiger partial charge in [0.15, 0.2) is 0 Å². The topological polar surface area (TPSA) is 52.0 Å². The van der Waals surface area contributed by atoms with Gasteiger partial charge in [-0.1, -0.05) is 31.1 Å². The molecule has 0 aliphatic carbocycles. The lowest BCUT2D eigenvalue weighted by Crippen LogP contribution is -1.95. The normalized spacial score (nSPS) is 11.1. The molecule has 0 aliphatic heterocycles. The van der Waals surface area contributed by atoms with Gasteiger partial charge in [-0.15, -0.1) is 0 Å². The fourth-order valence-corrected chi connectivity index (χ4v) is 1.96. The van der Waals surface area contributed by atoms with Gasteiger partial charge in [-0.05, 0) is 37.0 Å². The molecular weight excluding hydrogens is 212 g/mol. The molecule has 0 bridgehead atoms. The lowest BCUT2D eigenvalue weighted by Gasteiger charge is -2.07. The molecule has 0 saturated carbocycles. The standard InChI is InChI=1S/C14H18N2O/c1-8(2)12-13(16-17-14(12)15)11-6-5-9(3)10(4)7-11/h5-8H,15H2,1-4H3. The molecule has 90 valence electrons. The first-order valence-electron chi connectivity index (χ1n) is 5.83. The maximum atomic E-state index is 5.82. The molecule has 0 atom stereocenters. The van der Waals surface area contributed by atoms with Crippen LogP contribution in [0.25, 0.3) is 11.3 Å². The summed E-state index contributed by atoms with van der Waals surface area (Å²) in [7, 11) is 0. The zero-order valence-corrected chi connectivity index (χ0v) is 10.7. The van der Waals surface area contributed by atoms with Crippen molar-refractivity contribution in [2.75, 3.05) is 5.73 Å². The Morgan fingerprint density at radius 1 is 1.18 bits per heavy atom. The van der Waals surface area contributed by atoms with Crippen LogP contribution < -0.4 is 5.73 Å². The Balaban J connectivity index is 2.56. The maximum Gasteiger partial charge on any atom is 0.226 e. The molecule has 0 radical (unpaired) electrons. The fourth-order valence-electron chi connectivity index (χ4n) is 1.96. The van der Waals surface area contributed by atoms with Crippen molar-refractivity contribution in [2.45, 2.75) is 33.6 Å². The third-order valence-corrected chi connectivity index (χ3v) is 3.11. The van der Waals surface area contributed by atoms with Gasteiger partial charge in [-0.25, -0.2) is 0 Å². The van der Waals surface area contributed by atoms with E-state index >= 15 is 0 Å². The highest BCUT2D eigenvalue weighted by Crippen LogP contribution is 2.33. The van der Waals surface area contributed by atoms with Crippen LogP contribution in [0.15, 0.2) is 22.7 Å². The number of nitrogen functional groups attached to an aromatic ring is 1. The van der Waals surface area contributed by atoms with Crippen molar-refractivity contribution >= 4 is 5.88 Å². The van der Waals surface area contributed by atoms with Gasteiger partial charge in [0, 0.05) is 11.1 Å². The Morgan fingerprint density at radius 2 is 1.88 bits per heavy atom. The molecule has 0 amide bonds. The molecule has 0 unspecified atom stereocenters. The zero-order valence-electron chi connectivity index (χ0n) is 10.7. The van der Waals surface area contributed by atoms with E-state index in [4.69, 9.17) is 10.3 Å². The van der Waals surface area contributed by atoms with Crippen LogP contribution in [0.1, 0.15) is 36.5 Å². The molecule has 1 aromatic heterocycles. The van der Waals surface area contributed by atoms with Gasteiger partial charge in [0.1, 0.15) is 5.69 Å².